The van der Waals surface area contributed by atoms with Crippen molar-refractivity contribution in [2.24, 2.45) is 5.10 Å². The highest BCUT2D eigenvalue weighted by atomic mass is 127. The van der Waals surface area contributed by atoms with Crippen LogP contribution < -0.4 is 10.2 Å². The Kier molecular flexibility index (Phi) is 8.35. The maximum atomic E-state index is 13.3. The second-order valence-electron chi connectivity index (χ2n) is 6.62. The SMILES string of the molecule is Cc1cc(C)nc(SCC(=O)N/N=C\c2ccc(OCc3cccc(F)c3)c(I)c2)n1. The third kappa shape index (κ3) is 7.59. The molecule has 3 rings (SSSR count). The van der Waals surface area contributed by atoms with Crippen molar-refractivity contribution < 1.29 is 13.9 Å². The number of aromatic nitrogens is 2. The van der Waals surface area contributed by atoms with Gasteiger partial charge in [-0.15, -0.1) is 0 Å². The van der Waals surface area contributed by atoms with Crippen LogP contribution in [-0.4, -0.2) is 27.8 Å². The minimum absolute atomic E-state index is 0.171. The Bertz CT molecular complexity index is 1090. The molecule has 6 nitrogen and oxygen atoms in total. The Balaban J connectivity index is 1.49. The van der Waals surface area contributed by atoms with E-state index in [0.29, 0.717) is 10.9 Å². The minimum Gasteiger partial charge on any atom is -0.488 e. The van der Waals surface area contributed by atoms with Crippen molar-refractivity contribution in [1.29, 1.82) is 0 Å². The molecule has 0 bridgehead atoms. The summed E-state index contributed by atoms with van der Waals surface area (Å²) in [6.07, 6.45) is 1.56. The molecule has 0 radical (unpaired) electrons. The van der Waals surface area contributed by atoms with Crippen molar-refractivity contribution in [1.82, 2.24) is 15.4 Å². The Morgan fingerprint density at radius 3 is 2.68 bits per heavy atom. The van der Waals surface area contributed by atoms with Crippen LogP contribution in [-0.2, 0) is 11.4 Å². The number of halogens is 2. The van der Waals surface area contributed by atoms with E-state index in [1.807, 2.05) is 44.2 Å². The molecule has 1 amide bonds. The Labute approximate surface area is 197 Å². The van der Waals surface area contributed by atoms with Gasteiger partial charge in [0.2, 0.25) is 0 Å². The summed E-state index contributed by atoms with van der Waals surface area (Å²) in [6.45, 7) is 4.06. The smallest absolute Gasteiger partial charge is 0.250 e. The van der Waals surface area contributed by atoms with Gasteiger partial charge in [0.15, 0.2) is 5.16 Å². The van der Waals surface area contributed by atoms with Crippen LogP contribution in [0.5, 0.6) is 5.75 Å². The number of carbonyl (C=O) groups is 1. The van der Waals surface area contributed by atoms with Gasteiger partial charge < -0.3 is 4.74 Å². The molecule has 0 saturated carbocycles. The number of nitrogens with one attached hydrogen (secondary N) is 1. The van der Waals surface area contributed by atoms with Crippen molar-refractivity contribution in [3.63, 3.8) is 0 Å². The fourth-order valence-corrected chi connectivity index (χ4v) is 4.04. The average Bonchev–Trinajstić information content (AvgIpc) is 2.71. The zero-order chi connectivity index (χ0) is 22.2. The van der Waals surface area contributed by atoms with E-state index in [1.165, 1.54) is 23.9 Å². The van der Waals surface area contributed by atoms with Crippen molar-refractivity contribution in [3.8, 4) is 5.75 Å². The topological polar surface area (TPSA) is 76.5 Å². The first-order chi connectivity index (χ1) is 14.9. The highest BCUT2D eigenvalue weighted by Gasteiger charge is 2.06. The number of hydrazone groups is 1. The van der Waals surface area contributed by atoms with Gasteiger partial charge in [0.1, 0.15) is 18.2 Å². The number of carbonyl (C=O) groups excluding carboxylic acids is 1. The van der Waals surface area contributed by atoms with Gasteiger partial charge in [0.25, 0.3) is 5.91 Å². The van der Waals surface area contributed by atoms with Gasteiger partial charge in [-0.25, -0.2) is 19.8 Å². The van der Waals surface area contributed by atoms with Crippen molar-refractivity contribution in [2.75, 3.05) is 5.75 Å². The molecule has 0 fully saturated rings. The first-order valence-electron chi connectivity index (χ1n) is 9.33. The number of benzene rings is 2. The Morgan fingerprint density at radius 1 is 1.19 bits per heavy atom. The number of nitrogens with zero attached hydrogens (tertiary/aromatic N) is 3. The fourth-order valence-electron chi connectivity index (χ4n) is 2.60. The number of rotatable bonds is 8. The molecule has 2 aromatic carbocycles. The zero-order valence-electron chi connectivity index (χ0n) is 16.9. The molecule has 0 spiro atoms. The molecule has 0 saturated heterocycles. The van der Waals surface area contributed by atoms with Crippen LogP contribution in [0.25, 0.3) is 0 Å². The lowest BCUT2D eigenvalue weighted by molar-refractivity contribution is -0.118. The molecular weight excluding hydrogens is 530 g/mol. The summed E-state index contributed by atoms with van der Waals surface area (Å²) >= 11 is 3.42. The molecule has 31 heavy (non-hydrogen) atoms. The average molecular weight is 550 g/mol. The largest absolute Gasteiger partial charge is 0.488 e. The molecule has 1 N–H and O–H groups in total. The van der Waals surface area contributed by atoms with Gasteiger partial charge in [-0.2, -0.15) is 5.10 Å². The molecule has 0 atom stereocenters. The van der Waals surface area contributed by atoms with Crippen LogP contribution in [0.3, 0.4) is 0 Å². The highest BCUT2D eigenvalue weighted by Crippen LogP contribution is 2.23. The number of hydrogen-bond acceptors (Lipinski definition) is 6. The number of hydrogen-bond donors (Lipinski definition) is 1. The standard InChI is InChI=1S/C22H20FIN4O2S/c1-14-8-15(2)27-22(26-14)31-13-21(29)28-25-11-16-6-7-20(19(24)10-16)30-12-17-4-3-5-18(23)9-17/h3-11H,12-13H2,1-2H3,(H,28,29)/b25-11-. The second-order valence-corrected chi connectivity index (χ2v) is 8.73. The van der Waals surface area contributed by atoms with Crippen LogP contribution >= 0.6 is 34.4 Å². The number of ether oxygens (including phenoxy) is 1. The van der Waals surface area contributed by atoms with E-state index in [0.717, 1.165) is 26.1 Å². The predicted octanol–water partition coefficient (Wildman–Crippen LogP) is 4.66. The lowest BCUT2D eigenvalue weighted by Gasteiger charge is -2.09. The third-order valence-electron chi connectivity index (χ3n) is 3.94. The molecule has 160 valence electrons. The van der Waals surface area contributed by atoms with Crippen molar-refractivity contribution in [3.05, 3.63) is 80.4 Å². The van der Waals surface area contributed by atoms with Crippen molar-refractivity contribution >= 4 is 46.5 Å². The summed E-state index contributed by atoms with van der Waals surface area (Å²) in [5, 5.41) is 4.57. The second kappa shape index (κ2) is 11.2. The van der Waals surface area contributed by atoms with Gasteiger partial charge >= 0.3 is 0 Å². The Hall–Kier alpha value is -2.53. The maximum Gasteiger partial charge on any atom is 0.250 e. The monoisotopic (exact) mass is 550 g/mol. The van der Waals surface area contributed by atoms with Crippen LogP contribution in [0.2, 0.25) is 0 Å². The summed E-state index contributed by atoms with van der Waals surface area (Å²) in [6, 6.07) is 13.7. The summed E-state index contributed by atoms with van der Waals surface area (Å²) in [7, 11) is 0. The first kappa shape index (κ1) is 23.1. The summed E-state index contributed by atoms with van der Waals surface area (Å²) in [5.41, 5.74) is 5.81. The van der Waals surface area contributed by atoms with Crippen LogP contribution in [0.15, 0.2) is 58.8 Å². The lowest BCUT2D eigenvalue weighted by atomic mass is 10.2. The number of thioether (sulfide) groups is 1. The van der Waals surface area contributed by atoms with E-state index in [2.05, 4.69) is 43.1 Å². The normalized spacial score (nSPS) is 11.0. The molecule has 9 heteroatoms. The summed E-state index contributed by atoms with van der Waals surface area (Å²) in [4.78, 5) is 20.6. The minimum atomic E-state index is -0.288. The maximum absolute atomic E-state index is 13.3. The van der Waals surface area contributed by atoms with Crippen molar-refractivity contribution in [2.45, 2.75) is 25.6 Å². The molecule has 1 aromatic heterocycles. The van der Waals surface area contributed by atoms with Gasteiger partial charge in [-0.3, -0.25) is 4.79 Å². The predicted molar refractivity (Wildman–Crippen MR) is 128 cm³/mol. The Morgan fingerprint density at radius 2 is 1.97 bits per heavy atom. The number of amides is 1. The molecule has 1 heterocycles. The number of aryl methyl sites for hydroxylation is 2. The van der Waals surface area contributed by atoms with Gasteiger partial charge in [-0.05, 0) is 84.0 Å². The van der Waals surface area contributed by atoms with E-state index in [1.54, 1.807) is 12.3 Å². The van der Waals surface area contributed by atoms with E-state index in [4.69, 9.17) is 4.74 Å². The zero-order valence-corrected chi connectivity index (χ0v) is 19.9. The van der Waals surface area contributed by atoms with E-state index in [-0.39, 0.29) is 24.1 Å². The van der Waals surface area contributed by atoms with Gasteiger partial charge in [0.05, 0.1) is 15.5 Å². The summed E-state index contributed by atoms with van der Waals surface area (Å²) < 4.78 is 19.9. The van der Waals surface area contributed by atoms with Gasteiger partial charge in [-0.1, -0.05) is 23.9 Å². The molecule has 0 aliphatic carbocycles. The third-order valence-corrected chi connectivity index (χ3v) is 5.63. The van der Waals surface area contributed by atoms with E-state index in [9.17, 15) is 9.18 Å². The van der Waals surface area contributed by atoms with Crippen LogP contribution in [0, 0.1) is 23.2 Å². The molecule has 0 aliphatic rings. The summed E-state index contributed by atoms with van der Waals surface area (Å²) in [5.74, 6) is 0.332. The van der Waals surface area contributed by atoms with E-state index >= 15 is 0 Å². The molecular formula is C22H20FIN4O2S. The molecule has 0 aliphatic heterocycles. The van der Waals surface area contributed by atoms with Gasteiger partial charge in [0, 0.05) is 11.4 Å². The quantitative estimate of drug-likeness (QED) is 0.145. The van der Waals surface area contributed by atoms with E-state index < -0.39 is 0 Å². The van der Waals surface area contributed by atoms with Crippen LogP contribution in [0.1, 0.15) is 22.5 Å². The lowest BCUT2D eigenvalue weighted by Crippen LogP contribution is -2.19. The fraction of sp³-hybridized carbons (Fsp3) is 0.182. The molecule has 0 unspecified atom stereocenters. The highest BCUT2D eigenvalue weighted by molar-refractivity contribution is 14.1. The first-order valence-corrected chi connectivity index (χ1v) is 11.4. The van der Waals surface area contributed by atoms with Crippen LogP contribution in [0.4, 0.5) is 4.39 Å². The molecule has 3 aromatic rings.